The fraction of sp³-hybridized carbons (Fsp3) is 0.231. The van der Waals surface area contributed by atoms with E-state index in [1.165, 1.54) is 6.07 Å². The number of hydrogen-bond acceptors (Lipinski definition) is 5. The number of hydrogen-bond donors (Lipinski definition) is 2. The van der Waals surface area contributed by atoms with Gasteiger partial charge in [-0.05, 0) is 47.9 Å². The number of aromatic amines is 1. The Morgan fingerprint density at radius 1 is 1.09 bits per heavy atom. The SMILES string of the molecule is O=C(c1cc(Cc2n[nH]c(=O)c3ccccc23)ccc1F)N1CC[C@H](NCc2ccncc2)C1. The van der Waals surface area contributed by atoms with E-state index in [-0.39, 0.29) is 23.1 Å². The van der Waals surface area contributed by atoms with Crippen LogP contribution in [0.4, 0.5) is 4.39 Å². The lowest BCUT2D eigenvalue weighted by molar-refractivity contribution is 0.0784. The molecule has 1 saturated heterocycles. The second-order valence-corrected chi connectivity index (χ2v) is 8.51. The van der Waals surface area contributed by atoms with E-state index in [9.17, 15) is 14.0 Å². The van der Waals surface area contributed by atoms with Gasteiger partial charge in [0, 0.05) is 49.9 Å². The first kappa shape index (κ1) is 21.9. The van der Waals surface area contributed by atoms with Gasteiger partial charge >= 0.3 is 0 Å². The molecule has 2 aromatic carbocycles. The van der Waals surface area contributed by atoms with Crippen LogP contribution in [0.3, 0.4) is 0 Å². The maximum absolute atomic E-state index is 14.7. The van der Waals surface area contributed by atoms with Gasteiger partial charge < -0.3 is 10.2 Å². The first-order chi connectivity index (χ1) is 16.6. The van der Waals surface area contributed by atoms with Crippen molar-refractivity contribution < 1.29 is 9.18 Å². The molecule has 0 saturated carbocycles. The first-order valence-electron chi connectivity index (χ1n) is 11.2. The number of benzene rings is 2. The molecule has 34 heavy (non-hydrogen) atoms. The lowest BCUT2D eigenvalue weighted by atomic mass is 10.0. The minimum Gasteiger partial charge on any atom is -0.337 e. The molecule has 8 heteroatoms. The van der Waals surface area contributed by atoms with Gasteiger partial charge in [0.2, 0.25) is 0 Å². The highest BCUT2D eigenvalue weighted by Crippen LogP contribution is 2.21. The normalized spacial score (nSPS) is 15.7. The van der Waals surface area contributed by atoms with Crippen LogP contribution in [0.25, 0.3) is 10.8 Å². The Morgan fingerprint density at radius 3 is 2.71 bits per heavy atom. The van der Waals surface area contributed by atoms with Crippen LogP contribution < -0.4 is 10.9 Å². The van der Waals surface area contributed by atoms with Crippen LogP contribution in [0.15, 0.2) is 71.8 Å². The average molecular weight is 458 g/mol. The van der Waals surface area contributed by atoms with Crippen molar-refractivity contribution in [3.05, 3.63) is 106 Å². The molecule has 1 fully saturated rings. The first-order valence-corrected chi connectivity index (χ1v) is 11.2. The van der Waals surface area contributed by atoms with Gasteiger partial charge in [-0.1, -0.05) is 24.3 Å². The van der Waals surface area contributed by atoms with Gasteiger partial charge in [-0.25, -0.2) is 9.49 Å². The second kappa shape index (κ2) is 9.52. The molecule has 0 aliphatic carbocycles. The monoisotopic (exact) mass is 457 g/mol. The maximum Gasteiger partial charge on any atom is 0.272 e. The summed E-state index contributed by atoms with van der Waals surface area (Å²) in [5.41, 5.74) is 2.35. The van der Waals surface area contributed by atoms with E-state index in [0.29, 0.717) is 37.1 Å². The molecule has 3 heterocycles. The average Bonchev–Trinajstić information content (AvgIpc) is 3.35. The summed E-state index contributed by atoms with van der Waals surface area (Å²) in [6, 6.07) is 15.8. The van der Waals surface area contributed by atoms with Crippen molar-refractivity contribution in [2.45, 2.75) is 25.4 Å². The molecule has 1 amide bonds. The van der Waals surface area contributed by atoms with E-state index in [1.807, 2.05) is 24.3 Å². The van der Waals surface area contributed by atoms with Crippen molar-refractivity contribution in [2.75, 3.05) is 13.1 Å². The molecule has 7 nitrogen and oxygen atoms in total. The predicted octanol–water partition coefficient (Wildman–Crippen LogP) is 3.05. The zero-order valence-electron chi connectivity index (χ0n) is 18.5. The lowest BCUT2D eigenvalue weighted by Gasteiger charge is -2.18. The number of carbonyl (C=O) groups is 1. The molecular formula is C26H24FN5O2. The van der Waals surface area contributed by atoms with E-state index in [1.54, 1.807) is 41.6 Å². The molecule has 1 aliphatic heterocycles. The third kappa shape index (κ3) is 4.58. The number of rotatable bonds is 6. The third-order valence-electron chi connectivity index (χ3n) is 6.23. The van der Waals surface area contributed by atoms with Crippen LogP contribution in [0, 0.1) is 5.82 Å². The quantitative estimate of drug-likeness (QED) is 0.465. The fourth-order valence-corrected chi connectivity index (χ4v) is 4.39. The summed E-state index contributed by atoms with van der Waals surface area (Å²) in [4.78, 5) is 30.9. The van der Waals surface area contributed by atoms with E-state index < -0.39 is 5.82 Å². The number of nitrogens with one attached hydrogen (secondary N) is 2. The maximum atomic E-state index is 14.7. The Balaban J connectivity index is 1.30. The van der Waals surface area contributed by atoms with Crippen molar-refractivity contribution in [3.63, 3.8) is 0 Å². The predicted molar refractivity (Wildman–Crippen MR) is 127 cm³/mol. The van der Waals surface area contributed by atoms with Crippen LogP contribution in [-0.2, 0) is 13.0 Å². The number of nitrogens with zero attached hydrogens (tertiary/aromatic N) is 3. The van der Waals surface area contributed by atoms with Crippen molar-refractivity contribution >= 4 is 16.7 Å². The number of H-pyrrole nitrogens is 1. The number of halogens is 1. The minimum absolute atomic E-state index is 0.0565. The summed E-state index contributed by atoms with van der Waals surface area (Å²) in [5, 5.41) is 11.5. The molecule has 0 radical (unpaired) electrons. The van der Waals surface area contributed by atoms with Crippen LogP contribution >= 0.6 is 0 Å². The van der Waals surface area contributed by atoms with Gasteiger partial charge in [0.25, 0.3) is 11.5 Å². The van der Waals surface area contributed by atoms with E-state index in [2.05, 4.69) is 20.5 Å². The molecule has 0 bridgehead atoms. The summed E-state index contributed by atoms with van der Waals surface area (Å²) in [6.07, 6.45) is 4.69. The topological polar surface area (TPSA) is 91.0 Å². The zero-order valence-corrected chi connectivity index (χ0v) is 18.5. The fourth-order valence-electron chi connectivity index (χ4n) is 4.39. The van der Waals surface area contributed by atoms with Crippen LogP contribution in [0.1, 0.15) is 33.6 Å². The third-order valence-corrected chi connectivity index (χ3v) is 6.23. The van der Waals surface area contributed by atoms with Gasteiger partial charge in [0.1, 0.15) is 5.82 Å². The molecule has 5 rings (SSSR count). The minimum atomic E-state index is -0.541. The van der Waals surface area contributed by atoms with Crippen LogP contribution in [0.5, 0.6) is 0 Å². The molecule has 1 aliphatic rings. The standard InChI is InChI=1S/C26H24FN5O2/c27-23-6-5-18(14-24-20-3-1-2-4-21(20)25(33)31-30-24)13-22(23)26(34)32-12-9-19(16-32)29-15-17-7-10-28-11-8-17/h1-8,10-11,13,19,29H,9,12,14-16H2,(H,31,33)/t19-/m0/s1. The molecule has 1 atom stereocenters. The Labute approximate surface area is 195 Å². The smallest absolute Gasteiger partial charge is 0.272 e. The van der Waals surface area contributed by atoms with E-state index in [0.717, 1.165) is 22.9 Å². The Hall–Kier alpha value is -3.91. The molecule has 0 unspecified atom stereocenters. The molecule has 4 aromatic rings. The molecule has 172 valence electrons. The van der Waals surface area contributed by atoms with Crippen LogP contribution in [-0.4, -0.2) is 45.1 Å². The Morgan fingerprint density at radius 2 is 1.88 bits per heavy atom. The summed E-state index contributed by atoms with van der Waals surface area (Å²) in [6.45, 7) is 1.79. The van der Waals surface area contributed by atoms with Gasteiger partial charge in [-0.3, -0.25) is 14.6 Å². The number of pyridine rings is 1. The van der Waals surface area contributed by atoms with Crippen molar-refractivity contribution in [2.24, 2.45) is 0 Å². The van der Waals surface area contributed by atoms with Gasteiger partial charge in [0.15, 0.2) is 0 Å². The summed E-state index contributed by atoms with van der Waals surface area (Å²) < 4.78 is 14.7. The van der Waals surface area contributed by atoms with Gasteiger partial charge in [-0.15, -0.1) is 0 Å². The number of carbonyl (C=O) groups excluding carboxylic acids is 1. The van der Waals surface area contributed by atoms with Crippen molar-refractivity contribution in [1.29, 1.82) is 0 Å². The van der Waals surface area contributed by atoms with E-state index in [4.69, 9.17) is 0 Å². The number of likely N-dealkylation sites (tertiary alicyclic amines) is 1. The molecule has 0 spiro atoms. The molecule has 2 N–H and O–H groups in total. The Bertz CT molecular complexity index is 1390. The van der Waals surface area contributed by atoms with Crippen molar-refractivity contribution in [1.82, 2.24) is 25.4 Å². The Kier molecular flexibility index (Phi) is 6.14. The highest BCUT2D eigenvalue weighted by atomic mass is 19.1. The summed E-state index contributed by atoms with van der Waals surface area (Å²) in [5.74, 6) is -0.854. The number of aromatic nitrogens is 3. The van der Waals surface area contributed by atoms with E-state index >= 15 is 0 Å². The molecular weight excluding hydrogens is 433 g/mol. The highest BCUT2D eigenvalue weighted by molar-refractivity contribution is 5.95. The zero-order chi connectivity index (χ0) is 23.5. The van der Waals surface area contributed by atoms with Crippen LogP contribution in [0.2, 0.25) is 0 Å². The number of fused-ring (bicyclic) bond motifs is 1. The molecule has 2 aromatic heterocycles. The highest BCUT2D eigenvalue weighted by Gasteiger charge is 2.28. The summed E-state index contributed by atoms with van der Waals surface area (Å²) >= 11 is 0. The van der Waals surface area contributed by atoms with Crippen molar-refractivity contribution in [3.8, 4) is 0 Å². The number of amides is 1. The largest absolute Gasteiger partial charge is 0.337 e. The summed E-state index contributed by atoms with van der Waals surface area (Å²) in [7, 11) is 0. The lowest BCUT2D eigenvalue weighted by Crippen LogP contribution is -2.35. The van der Waals surface area contributed by atoms with Gasteiger partial charge in [0.05, 0.1) is 16.6 Å². The van der Waals surface area contributed by atoms with Gasteiger partial charge in [-0.2, -0.15) is 5.10 Å². The second-order valence-electron chi connectivity index (χ2n) is 8.51.